The molecule has 1 heterocycles. The highest BCUT2D eigenvalue weighted by molar-refractivity contribution is 6.27. The molecule has 0 radical (unpaired) electrons. The van der Waals surface area contributed by atoms with E-state index in [2.05, 4.69) is 49.5 Å². The number of phenols is 2. The van der Waals surface area contributed by atoms with Crippen LogP contribution in [0.1, 0.15) is 106 Å². The van der Waals surface area contributed by atoms with Crippen LogP contribution in [0.3, 0.4) is 0 Å². The largest absolute Gasteiger partial charge is 0.508 e. The van der Waals surface area contributed by atoms with Gasteiger partial charge in [-0.15, -0.1) is 11.6 Å². The monoisotopic (exact) mass is 664 g/mol. The van der Waals surface area contributed by atoms with Crippen molar-refractivity contribution in [1.29, 1.82) is 0 Å². The summed E-state index contributed by atoms with van der Waals surface area (Å²) >= 11 is 10.5. The van der Waals surface area contributed by atoms with Gasteiger partial charge in [0.1, 0.15) is 17.3 Å². The van der Waals surface area contributed by atoms with Crippen LogP contribution in [0.2, 0.25) is 0 Å². The molecular weight excluding hydrogens is 607 g/mol. The number of carboxylic acids is 1. The standard InChI is InChI=1S/C13H22N2.C12H10O2.C4H6Cl2.C4H8O2.2C2H6/c1-5-8-12(7-3)13-10-15(9-6-2)11(4)14-13;13-11-6-4-9(5-7-11)10-2-1-3-12(14)8-10;1-4(6)2-3-5;1-2-3-4(5)6;2*1-2/h8,10H,5-7,9H2,1-4H3;1-8,13-14H;2-4H,1H3;2-3H2,1H3,(H,5,6);2*1-2H3/b12-8+;;3-2+;;;. The van der Waals surface area contributed by atoms with Crippen molar-refractivity contribution < 1.29 is 20.1 Å². The smallest absolute Gasteiger partial charge is 0.303 e. The zero-order valence-corrected chi connectivity index (χ0v) is 30.7. The van der Waals surface area contributed by atoms with Crippen LogP contribution in [-0.2, 0) is 11.3 Å². The van der Waals surface area contributed by atoms with E-state index in [9.17, 15) is 9.90 Å². The Labute approximate surface area is 283 Å². The Morgan fingerprint density at radius 1 is 0.933 bits per heavy atom. The first-order valence-electron chi connectivity index (χ1n) is 16.0. The highest BCUT2D eigenvalue weighted by Gasteiger charge is 2.06. The molecule has 0 saturated heterocycles. The second-order valence-electron chi connectivity index (χ2n) is 9.09. The molecule has 2 aromatic carbocycles. The Balaban J connectivity index is -0.000000540. The van der Waals surface area contributed by atoms with Gasteiger partial charge >= 0.3 is 5.97 Å². The summed E-state index contributed by atoms with van der Waals surface area (Å²) in [5.41, 5.74) is 5.85. The maximum atomic E-state index is 9.60. The van der Waals surface area contributed by atoms with E-state index < -0.39 is 5.97 Å². The van der Waals surface area contributed by atoms with Gasteiger partial charge in [-0.1, -0.05) is 103 Å². The highest BCUT2D eigenvalue weighted by Crippen LogP contribution is 2.24. The molecule has 6 nitrogen and oxygen atoms in total. The van der Waals surface area contributed by atoms with Gasteiger partial charge in [0.2, 0.25) is 0 Å². The Hall–Kier alpha value is -3.22. The van der Waals surface area contributed by atoms with Crippen LogP contribution in [0, 0.1) is 6.92 Å². The van der Waals surface area contributed by atoms with Crippen molar-refractivity contribution in [2.24, 2.45) is 0 Å². The van der Waals surface area contributed by atoms with Crippen LogP contribution in [0.5, 0.6) is 11.5 Å². The van der Waals surface area contributed by atoms with E-state index >= 15 is 0 Å². The number of hydrogen-bond acceptors (Lipinski definition) is 4. The molecule has 0 spiro atoms. The number of hydrogen-bond donors (Lipinski definition) is 3. The number of phenolic OH excluding ortho intramolecular Hbond substituents is 2. The Bertz CT molecular complexity index is 1190. The Morgan fingerprint density at radius 3 is 1.91 bits per heavy atom. The fraction of sp³-hybridized carbons (Fsp3) is 0.459. The van der Waals surface area contributed by atoms with Crippen molar-refractivity contribution in [1.82, 2.24) is 9.55 Å². The number of halogens is 2. The van der Waals surface area contributed by atoms with Gasteiger partial charge < -0.3 is 19.9 Å². The molecule has 1 unspecified atom stereocenters. The van der Waals surface area contributed by atoms with E-state index in [1.54, 1.807) is 36.4 Å². The molecule has 1 atom stereocenters. The molecule has 0 bridgehead atoms. The quantitative estimate of drug-likeness (QED) is 0.198. The SMILES string of the molecule is CC.CC.CC(Cl)/C=C/Cl.CC/C=C(\CC)c1cn(CCC)c(C)n1.CCCC(=O)O.Oc1ccc(-c2cccc(O)c2)cc1. The number of imidazole rings is 1. The number of aromatic hydroxyl groups is 2. The number of carboxylic acid groups (broad SMARTS) is 1. The third-order valence-corrected chi connectivity index (χ3v) is 5.74. The average Bonchev–Trinajstić information content (AvgIpc) is 3.39. The minimum Gasteiger partial charge on any atom is -0.508 e. The zero-order valence-electron chi connectivity index (χ0n) is 29.1. The van der Waals surface area contributed by atoms with E-state index in [1.165, 1.54) is 11.1 Å². The van der Waals surface area contributed by atoms with Crippen molar-refractivity contribution >= 4 is 34.7 Å². The van der Waals surface area contributed by atoms with Gasteiger partial charge in [0, 0.05) is 30.1 Å². The van der Waals surface area contributed by atoms with Crippen molar-refractivity contribution in [2.75, 3.05) is 0 Å². The summed E-state index contributed by atoms with van der Waals surface area (Å²) in [5, 5.41) is 26.4. The molecule has 3 aromatic rings. The lowest BCUT2D eigenvalue weighted by atomic mass is 10.1. The summed E-state index contributed by atoms with van der Waals surface area (Å²) < 4.78 is 2.24. The molecule has 3 rings (SSSR count). The van der Waals surface area contributed by atoms with Crippen molar-refractivity contribution in [2.45, 2.75) is 113 Å². The Kier molecular flexibility index (Phi) is 31.6. The predicted molar refractivity (Wildman–Crippen MR) is 197 cm³/mol. The van der Waals surface area contributed by atoms with Crippen LogP contribution in [-0.4, -0.2) is 36.2 Å². The van der Waals surface area contributed by atoms with Crippen LogP contribution in [0.4, 0.5) is 0 Å². The van der Waals surface area contributed by atoms with Crippen LogP contribution < -0.4 is 0 Å². The van der Waals surface area contributed by atoms with Gasteiger partial charge in [0.05, 0.1) is 5.69 Å². The number of carbonyl (C=O) groups is 1. The fourth-order valence-electron chi connectivity index (χ4n) is 3.46. The summed E-state index contributed by atoms with van der Waals surface area (Å²) in [4.78, 5) is 14.2. The number of allylic oxidation sites excluding steroid dienone is 3. The number of aromatic nitrogens is 2. The zero-order chi connectivity index (χ0) is 35.2. The first-order valence-corrected chi connectivity index (χ1v) is 16.8. The molecule has 1 aromatic heterocycles. The number of rotatable bonds is 9. The second-order valence-corrected chi connectivity index (χ2v) is 10.0. The third kappa shape index (κ3) is 23.8. The molecule has 3 N–H and O–H groups in total. The van der Waals surface area contributed by atoms with E-state index in [0.29, 0.717) is 6.42 Å². The summed E-state index contributed by atoms with van der Waals surface area (Å²) in [6.45, 7) is 21.4. The maximum absolute atomic E-state index is 9.60. The summed E-state index contributed by atoms with van der Waals surface area (Å²) in [7, 11) is 0. The molecular formula is C37H58Cl2N2O4. The molecule has 0 aliphatic rings. The normalized spacial score (nSPS) is 10.6. The van der Waals surface area contributed by atoms with Gasteiger partial charge in [-0.2, -0.15) is 0 Å². The molecule has 8 heteroatoms. The van der Waals surface area contributed by atoms with Gasteiger partial charge in [0.15, 0.2) is 0 Å². The number of aryl methyl sites for hydroxylation is 2. The van der Waals surface area contributed by atoms with Gasteiger partial charge in [-0.3, -0.25) is 4.79 Å². The molecule has 0 aliphatic heterocycles. The minimum atomic E-state index is -0.711. The predicted octanol–water partition coefficient (Wildman–Crippen LogP) is 11.9. The average molecular weight is 666 g/mol. The summed E-state index contributed by atoms with van der Waals surface area (Å²) in [6, 6.07) is 13.9. The third-order valence-electron chi connectivity index (χ3n) is 5.45. The Morgan fingerprint density at radius 2 is 1.53 bits per heavy atom. The number of alkyl halides is 1. The van der Waals surface area contributed by atoms with Crippen LogP contribution in [0.15, 0.2) is 72.4 Å². The second kappa shape index (κ2) is 30.8. The molecule has 45 heavy (non-hydrogen) atoms. The molecule has 0 amide bonds. The van der Waals surface area contributed by atoms with E-state index in [4.69, 9.17) is 33.4 Å². The minimum absolute atomic E-state index is 0.0579. The van der Waals surface area contributed by atoms with Crippen molar-refractivity contribution in [3.05, 3.63) is 83.9 Å². The van der Waals surface area contributed by atoms with E-state index in [0.717, 1.165) is 54.9 Å². The van der Waals surface area contributed by atoms with Crippen molar-refractivity contribution in [3.63, 3.8) is 0 Å². The number of aliphatic carboxylic acids is 1. The lowest BCUT2D eigenvalue weighted by Crippen LogP contribution is -1.96. The van der Waals surface area contributed by atoms with Gasteiger partial charge in [-0.05, 0) is 80.5 Å². The summed E-state index contributed by atoms with van der Waals surface area (Å²) in [6.07, 6.45) is 10.5. The highest BCUT2D eigenvalue weighted by atomic mass is 35.5. The van der Waals surface area contributed by atoms with Gasteiger partial charge in [-0.25, -0.2) is 4.98 Å². The molecule has 0 saturated carbocycles. The van der Waals surface area contributed by atoms with Crippen LogP contribution in [0.25, 0.3) is 16.7 Å². The number of benzene rings is 2. The van der Waals surface area contributed by atoms with Crippen LogP contribution >= 0.6 is 23.2 Å². The first kappa shape index (κ1) is 46.2. The fourth-order valence-corrected chi connectivity index (χ4v) is 3.83. The first-order chi connectivity index (χ1) is 21.5. The lowest BCUT2D eigenvalue weighted by molar-refractivity contribution is -0.137. The topological polar surface area (TPSA) is 95.6 Å². The molecule has 0 aliphatic carbocycles. The lowest BCUT2D eigenvalue weighted by Gasteiger charge is -2.01. The van der Waals surface area contributed by atoms with Crippen molar-refractivity contribution in [3.8, 4) is 22.6 Å². The van der Waals surface area contributed by atoms with E-state index in [1.807, 2.05) is 59.7 Å². The maximum Gasteiger partial charge on any atom is 0.303 e. The van der Waals surface area contributed by atoms with E-state index in [-0.39, 0.29) is 16.9 Å². The molecule has 254 valence electrons. The van der Waals surface area contributed by atoms with Gasteiger partial charge in [0.25, 0.3) is 0 Å². The summed E-state index contributed by atoms with van der Waals surface area (Å²) in [5.74, 6) is 0.907. The molecule has 0 fully saturated rings. The number of nitrogens with zero attached hydrogens (tertiary/aromatic N) is 2.